The maximum atomic E-state index is 10.6. The highest BCUT2D eigenvalue weighted by Crippen LogP contribution is 1.96. The number of imide groups is 1. The van der Waals surface area contributed by atoms with E-state index in [1.807, 2.05) is 26.1 Å². The van der Waals surface area contributed by atoms with Gasteiger partial charge in [0.2, 0.25) is 0 Å². The molecule has 0 aromatic heterocycles. The summed E-state index contributed by atoms with van der Waals surface area (Å²) in [6.45, 7) is 5.45. The molecule has 0 aliphatic rings. The van der Waals surface area contributed by atoms with Crippen LogP contribution in [0.25, 0.3) is 0 Å². The van der Waals surface area contributed by atoms with Gasteiger partial charge in [0.25, 0.3) is 0 Å². The highest BCUT2D eigenvalue weighted by Gasteiger charge is 2.12. The number of amides is 3. The van der Waals surface area contributed by atoms with Crippen molar-refractivity contribution < 1.29 is 9.59 Å². The highest BCUT2D eigenvalue weighted by atomic mass is 16.2. The summed E-state index contributed by atoms with van der Waals surface area (Å²) in [6, 6.07) is -0.525. The molecule has 0 spiro atoms. The largest absolute Gasteiger partial charge is 0.333 e. The Morgan fingerprint density at radius 2 is 1.90 bits per heavy atom. The summed E-state index contributed by atoms with van der Waals surface area (Å²) in [4.78, 5) is 20.2. The molecule has 0 saturated carbocycles. The summed E-state index contributed by atoms with van der Waals surface area (Å²) in [6.07, 6.45) is 1.28. The predicted molar refractivity (Wildman–Crippen MR) is 37.1 cm³/mol. The Kier molecular flexibility index (Phi) is 2.86. The Morgan fingerprint density at radius 1 is 1.40 bits per heavy atom. The van der Waals surface area contributed by atoms with E-state index < -0.39 is 6.03 Å². The minimum atomic E-state index is -0.525. The van der Waals surface area contributed by atoms with Crippen LogP contribution >= 0.6 is 0 Å². The summed E-state index contributed by atoms with van der Waals surface area (Å²) in [5.41, 5.74) is -0.319. The van der Waals surface area contributed by atoms with Crippen LogP contribution in [0.2, 0.25) is 0 Å². The van der Waals surface area contributed by atoms with E-state index >= 15 is 0 Å². The molecule has 0 fully saturated rings. The van der Waals surface area contributed by atoms with Gasteiger partial charge in [0.15, 0.2) is 0 Å². The molecule has 0 rings (SSSR count). The maximum Gasteiger partial charge on any atom is 0.322 e. The normalized spacial score (nSPS) is 10.3. The average Bonchev–Trinajstić information content (AvgIpc) is 1.59. The van der Waals surface area contributed by atoms with Crippen molar-refractivity contribution in [1.82, 2.24) is 10.6 Å². The molecular weight excluding hydrogens is 132 g/mol. The monoisotopic (exact) mass is 143 g/mol. The summed E-state index contributed by atoms with van der Waals surface area (Å²) in [7, 11) is 0. The zero-order valence-electron chi connectivity index (χ0n) is 6.32. The van der Waals surface area contributed by atoms with Gasteiger partial charge in [0.1, 0.15) is 0 Å². The molecule has 0 aromatic rings. The molecular formula is C6H11N2O2. The third-order valence-corrected chi connectivity index (χ3v) is 0.653. The Hall–Kier alpha value is -1.06. The van der Waals surface area contributed by atoms with E-state index in [9.17, 15) is 9.59 Å². The lowest BCUT2D eigenvalue weighted by Crippen LogP contribution is -2.45. The lowest BCUT2D eigenvalue weighted by molar-refractivity contribution is 0.236. The van der Waals surface area contributed by atoms with Crippen LogP contribution in [0.3, 0.4) is 0 Å². The Balaban J connectivity index is 3.68. The summed E-state index contributed by atoms with van der Waals surface area (Å²) in [5.74, 6) is 0. The molecule has 0 bridgehead atoms. The van der Waals surface area contributed by atoms with Gasteiger partial charge >= 0.3 is 12.4 Å². The van der Waals surface area contributed by atoms with Gasteiger partial charge in [-0.3, -0.25) is 10.1 Å². The first-order valence-corrected chi connectivity index (χ1v) is 2.91. The molecule has 0 atom stereocenters. The van der Waals surface area contributed by atoms with Crippen molar-refractivity contribution >= 4 is 12.4 Å². The Bertz CT molecular complexity index is 137. The topological polar surface area (TPSA) is 58.2 Å². The van der Waals surface area contributed by atoms with Crippen LogP contribution in [0.1, 0.15) is 20.8 Å². The first kappa shape index (κ1) is 8.94. The van der Waals surface area contributed by atoms with Crippen LogP contribution in [-0.4, -0.2) is 18.0 Å². The minimum Gasteiger partial charge on any atom is -0.333 e. The molecule has 0 aliphatic heterocycles. The molecule has 1 radical (unpaired) electrons. The second-order valence-electron chi connectivity index (χ2n) is 2.93. The predicted octanol–water partition coefficient (Wildman–Crippen LogP) is 0.151. The number of urea groups is 1. The zero-order valence-corrected chi connectivity index (χ0v) is 6.32. The number of nitrogens with one attached hydrogen (secondary N) is 2. The van der Waals surface area contributed by atoms with Crippen LogP contribution in [0.4, 0.5) is 4.79 Å². The third-order valence-electron chi connectivity index (χ3n) is 0.653. The molecule has 4 heteroatoms. The summed E-state index contributed by atoms with van der Waals surface area (Å²) in [5, 5.41) is 4.35. The molecule has 0 saturated heterocycles. The molecule has 4 nitrogen and oxygen atoms in total. The first-order valence-electron chi connectivity index (χ1n) is 2.91. The molecule has 2 N–H and O–H groups in total. The number of carbonyl (C=O) groups excluding carboxylic acids is 2. The average molecular weight is 143 g/mol. The van der Waals surface area contributed by atoms with E-state index in [1.165, 1.54) is 6.41 Å². The maximum absolute atomic E-state index is 10.6. The van der Waals surface area contributed by atoms with Gasteiger partial charge in [-0.25, -0.2) is 4.79 Å². The quantitative estimate of drug-likeness (QED) is 0.513. The third kappa shape index (κ3) is 5.08. The second kappa shape index (κ2) is 3.20. The molecule has 0 unspecified atom stereocenters. The fraction of sp³-hybridized carbons (Fsp3) is 0.667. The first-order chi connectivity index (χ1) is 4.45. The van der Waals surface area contributed by atoms with Crippen LogP contribution in [-0.2, 0) is 4.79 Å². The van der Waals surface area contributed by atoms with Gasteiger partial charge in [0.05, 0.1) is 0 Å². The van der Waals surface area contributed by atoms with E-state index in [4.69, 9.17) is 0 Å². The van der Waals surface area contributed by atoms with Crippen molar-refractivity contribution in [3.05, 3.63) is 0 Å². The number of carbonyl (C=O) groups is 1. The summed E-state index contributed by atoms with van der Waals surface area (Å²) >= 11 is 0. The van der Waals surface area contributed by atoms with Crippen molar-refractivity contribution in [2.75, 3.05) is 0 Å². The molecule has 0 heterocycles. The zero-order chi connectivity index (χ0) is 8.20. The van der Waals surface area contributed by atoms with Crippen molar-refractivity contribution in [3.8, 4) is 0 Å². The van der Waals surface area contributed by atoms with Gasteiger partial charge in [-0.1, -0.05) is 0 Å². The van der Waals surface area contributed by atoms with E-state index in [1.54, 1.807) is 0 Å². The number of hydrogen-bond acceptors (Lipinski definition) is 2. The van der Waals surface area contributed by atoms with E-state index in [2.05, 4.69) is 5.32 Å². The molecule has 0 aliphatic carbocycles. The van der Waals surface area contributed by atoms with Crippen LogP contribution in [0.15, 0.2) is 0 Å². The van der Waals surface area contributed by atoms with Crippen LogP contribution in [0.5, 0.6) is 0 Å². The lowest BCUT2D eigenvalue weighted by Gasteiger charge is -2.19. The minimum absolute atomic E-state index is 0.319. The molecule has 10 heavy (non-hydrogen) atoms. The number of rotatable bonds is 1. The van der Waals surface area contributed by atoms with E-state index in [0.717, 1.165) is 0 Å². The van der Waals surface area contributed by atoms with Gasteiger partial charge in [-0.15, -0.1) is 0 Å². The van der Waals surface area contributed by atoms with E-state index in [-0.39, 0.29) is 5.54 Å². The molecule has 3 amide bonds. The van der Waals surface area contributed by atoms with Crippen molar-refractivity contribution in [1.29, 1.82) is 0 Å². The fourth-order valence-corrected chi connectivity index (χ4v) is 0.418. The van der Waals surface area contributed by atoms with Crippen molar-refractivity contribution in [3.63, 3.8) is 0 Å². The SMILES string of the molecule is CC(C)(C)NC(=O)N[C]=O. The van der Waals surface area contributed by atoms with Crippen LogP contribution in [0, 0.1) is 0 Å². The van der Waals surface area contributed by atoms with Crippen molar-refractivity contribution in [2.45, 2.75) is 26.3 Å². The molecule has 57 valence electrons. The Labute approximate surface area is 60.0 Å². The van der Waals surface area contributed by atoms with Gasteiger partial charge in [-0.05, 0) is 20.8 Å². The second-order valence-corrected chi connectivity index (χ2v) is 2.93. The smallest absolute Gasteiger partial charge is 0.322 e. The highest BCUT2D eigenvalue weighted by molar-refractivity contribution is 5.84. The van der Waals surface area contributed by atoms with Crippen molar-refractivity contribution in [2.24, 2.45) is 0 Å². The fourth-order valence-electron chi connectivity index (χ4n) is 0.418. The van der Waals surface area contributed by atoms with Gasteiger partial charge in [0, 0.05) is 5.54 Å². The Morgan fingerprint density at radius 3 is 2.20 bits per heavy atom. The van der Waals surface area contributed by atoms with Gasteiger partial charge in [-0.2, -0.15) is 0 Å². The molecule has 0 aromatic carbocycles. The summed E-state index contributed by atoms with van der Waals surface area (Å²) < 4.78 is 0. The van der Waals surface area contributed by atoms with Crippen LogP contribution < -0.4 is 10.6 Å². The number of hydrogen-bond donors (Lipinski definition) is 2. The standard InChI is InChI=1S/C6H11N2O2/c1-6(2,3)8-5(10)7-4-9/h1-3H3,(H2,7,8,9,10). The van der Waals surface area contributed by atoms with E-state index in [0.29, 0.717) is 0 Å². The van der Waals surface area contributed by atoms with Gasteiger partial charge < -0.3 is 5.32 Å². The lowest BCUT2D eigenvalue weighted by atomic mass is 10.1.